The van der Waals surface area contributed by atoms with Gasteiger partial charge in [-0.05, 0) is 59.6 Å². The van der Waals surface area contributed by atoms with Crippen molar-refractivity contribution in [3.63, 3.8) is 0 Å². The molecule has 0 aliphatic heterocycles. The summed E-state index contributed by atoms with van der Waals surface area (Å²) in [5.74, 6) is -0.105. The predicted molar refractivity (Wildman–Crippen MR) is 133 cm³/mol. The van der Waals surface area contributed by atoms with Gasteiger partial charge in [0.2, 0.25) is 0 Å². The van der Waals surface area contributed by atoms with Crippen molar-refractivity contribution in [2.45, 2.75) is 78.1 Å². The molecule has 0 saturated carbocycles. The van der Waals surface area contributed by atoms with Crippen LogP contribution in [0.5, 0.6) is 0 Å². The summed E-state index contributed by atoms with van der Waals surface area (Å²) in [5, 5.41) is 0. The third-order valence-electron chi connectivity index (χ3n) is 6.13. The number of rotatable bonds is 12. The molecule has 0 aliphatic carbocycles. The first-order valence-corrected chi connectivity index (χ1v) is 12.2. The van der Waals surface area contributed by atoms with E-state index in [1.807, 2.05) is 24.3 Å². The highest BCUT2D eigenvalue weighted by Gasteiger charge is 2.13. The topological polar surface area (TPSA) is 0 Å². The van der Waals surface area contributed by atoms with Crippen molar-refractivity contribution < 1.29 is 4.39 Å². The second-order valence-electron chi connectivity index (χ2n) is 8.68. The van der Waals surface area contributed by atoms with E-state index in [9.17, 15) is 0 Å². The average molecular weight is 417 g/mol. The first-order chi connectivity index (χ1) is 15.2. The Balaban J connectivity index is 1.89. The quantitative estimate of drug-likeness (QED) is 0.258. The zero-order valence-corrected chi connectivity index (χ0v) is 19.3. The highest BCUT2D eigenvalue weighted by Crippen LogP contribution is 2.35. The molecule has 0 unspecified atom stereocenters. The number of unbranched alkanes of at least 4 members (excludes halogenated alkanes) is 6. The summed E-state index contributed by atoms with van der Waals surface area (Å²) in [6.45, 7) is 4.45. The maximum atomic E-state index is 15.3. The van der Waals surface area contributed by atoms with E-state index in [-0.39, 0.29) is 5.82 Å². The average Bonchev–Trinajstić information content (AvgIpc) is 2.80. The Labute approximate surface area is 188 Å². The SMILES string of the molecule is CCCCCCCc1ccc(-c2ccccc2)c(-c2ccc(CCCCC)cc2F)c1. The lowest BCUT2D eigenvalue weighted by Crippen LogP contribution is -1.95. The van der Waals surface area contributed by atoms with Crippen LogP contribution in [0.4, 0.5) is 4.39 Å². The third-order valence-corrected chi connectivity index (χ3v) is 6.13. The Kier molecular flexibility index (Phi) is 9.34. The molecule has 0 heterocycles. The Morgan fingerprint density at radius 2 is 1.13 bits per heavy atom. The van der Waals surface area contributed by atoms with Crippen LogP contribution in [0.15, 0.2) is 66.7 Å². The second-order valence-corrected chi connectivity index (χ2v) is 8.68. The van der Waals surface area contributed by atoms with Crippen molar-refractivity contribution in [1.82, 2.24) is 0 Å². The van der Waals surface area contributed by atoms with Crippen molar-refractivity contribution in [1.29, 1.82) is 0 Å². The Morgan fingerprint density at radius 1 is 0.548 bits per heavy atom. The van der Waals surface area contributed by atoms with Gasteiger partial charge in [0.05, 0.1) is 0 Å². The summed E-state index contributed by atoms with van der Waals surface area (Å²) in [6.07, 6.45) is 11.9. The maximum Gasteiger partial charge on any atom is 0.131 e. The van der Waals surface area contributed by atoms with Gasteiger partial charge in [-0.2, -0.15) is 0 Å². The van der Waals surface area contributed by atoms with Crippen LogP contribution >= 0.6 is 0 Å². The van der Waals surface area contributed by atoms with Crippen LogP contribution < -0.4 is 0 Å². The summed E-state index contributed by atoms with van der Waals surface area (Å²) < 4.78 is 15.3. The van der Waals surface area contributed by atoms with Gasteiger partial charge >= 0.3 is 0 Å². The number of aryl methyl sites for hydroxylation is 2. The molecule has 164 valence electrons. The molecule has 0 nitrogen and oxygen atoms in total. The van der Waals surface area contributed by atoms with Crippen LogP contribution in [0.1, 0.15) is 76.3 Å². The fourth-order valence-corrected chi connectivity index (χ4v) is 4.28. The normalized spacial score (nSPS) is 11.1. The molecule has 31 heavy (non-hydrogen) atoms. The Morgan fingerprint density at radius 3 is 1.81 bits per heavy atom. The summed E-state index contributed by atoms with van der Waals surface area (Å²) in [7, 11) is 0. The van der Waals surface area contributed by atoms with Gasteiger partial charge in [-0.15, -0.1) is 0 Å². The number of hydrogen-bond donors (Lipinski definition) is 0. The van der Waals surface area contributed by atoms with E-state index in [0.29, 0.717) is 5.56 Å². The highest BCUT2D eigenvalue weighted by atomic mass is 19.1. The van der Waals surface area contributed by atoms with Crippen LogP contribution in [-0.2, 0) is 12.8 Å². The molecule has 0 fully saturated rings. The van der Waals surface area contributed by atoms with Gasteiger partial charge < -0.3 is 0 Å². The maximum absolute atomic E-state index is 15.3. The lowest BCUT2D eigenvalue weighted by atomic mass is 9.90. The standard InChI is InChI=1S/C30H37F/c1-3-5-7-8-11-15-24-18-20-27(26-16-12-9-13-17-26)29(22-24)28-21-19-25(23-30(28)31)14-10-6-4-2/h9,12-13,16-23H,3-8,10-11,14-15H2,1-2H3. The molecule has 0 saturated heterocycles. The number of hydrogen-bond acceptors (Lipinski definition) is 0. The third kappa shape index (κ3) is 6.79. The number of benzene rings is 3. The molecule has 0 N–H and O–H groups in total. The van der Waals surface area contributed by atoms with Gasteiger partial charge in [-0.1, -0.05) is 113 Å². The van der Waals surface area contributed by atoms with Crippen LogP contribution in [0.3, 0.4) is 0 Å². The second kappa shape index (κ2) is 12.4. The van der Waals surface area contributed by atoms with Crippen LogP contribution in [0.2, 0.25) is 0 Å². The molecule has 0 aliphatic rings. The fraction of sp³-hybridized carbons (Fsp3) is 0.400. The monoisotopic (exact) mass is 416 g/mol. The molecule has 3 aromatic rings. The smallest absolute Gasteiger partial charge is 0.131 e. The molecule has 0 aromatic heterocycles. The minimum Gasteiger partial charge on any atom is -0.206 e. The van der Waals surface area contributed by atoms with E-state index in [0.717, 1.165) is 41.5 Å². The first-order valence-electron chi connectivity index (χ1n) is 12.2. The van der Waals surface area contributed by atoms with E-state index in [4.69, 9.17) is 0 Å². The van der Waals surface area contributed by atoms with Gasteiger partial charge in [0, 0.05) is 5.56 Å². The van der Waals surface area contributed by atoms with E-state index < -0.39 is 0 Å². The van der Waals surface area contributed by atoms with Gasteiger partial charge in [0.15, 0.2) is 0 Å². The fourth-order valence-electron chi connectivity index (χ4n) is 4.28. The molecule has 0 bridgehead atoms. The van der Waals surface area contributed by atoms with E-state index in [1.54, 1.807) is 6.07 Å². The van der Waals surface area contributed by atoms with Crippen molar-refractivity contribution in [2.24, 2.45) is 0 Å². The molecule has 0 spiro atoms. The van der Waals surface area contributed by atoms with Crippen molar-refractivity contribution in [3.8, 4) is 22.3 Å². The summed E-state index contributed by atoms with van der Waals surface area (Å²) >= 11 is 0. The molecule has 3 aromatic carbocycles. The zero-order valence-electron chi connectivity index (χ0n) is 19.3. The predicted octanol–water partition coefficient (Wildman–Crippen LogP) is 9.41. The zero-order chi connectivity index (χ0) is 21.9. The Hall–Kier alpha value is -2.41. The van der Waals surface area contributed by atoms with E-state index in [2.05, 4.69) is 50.2 Å². The van der Waals surface area contributed by atoms with Crippen molar-refractivity contribution in [2.75, 3.05) is 0 Å². The molecule has 0 atom stereocenters. The Bertz CT molecular complexity index is 926. The summed E-state index contributed by atoms with van der Waals surface area (Å²) in [5.41, 5.74) is 6.37. The summed E-state index contributed by atoms with van der Waals surface area (Å²) in [6, 6.07) is 22.8. The lowest BCUT2D eigenvalue weighted by molar-refractivity contribution is 0.626. The summed E-state index contributed by atoms with van der Waals surface area (Å²) in [4.78, 5) is 0. The number of halogens is 1. The largest absolute Gasteiger partial charge is 0.206 e. The molecule has 0 amide bonds. The van der Waals surface area contributed by atoms with Gasteiger partial charge in [-0.25, -0.2) is 4.39 Å². The van der Waals surface area contributed by atoms with Crippen molar-refractivity contribution in [3.05, 3.63) is 83.7 Å². The van der Waals surface area contributed by atoms with Crippen LogP contribution in [0.25, 0.3) is 22.3 Å². The molecular weight excluding hydrogens is 379 g/mol. The van der Waals surface area contributed by atoms with Crippen LogP contribution in [-0.4, -0.2) is 0 Å². The molecule has 1 heteroatoms. The molecule has 0 radical (unpaired) electrons. The molecular formula is C30H37F. The first kappa shape index (κ1) is 23.3. The minimum absolute atomic E-state index is 0.105. The van der Waals surface area contributed by atoms with Crippen LogP contribution in [0, 0.1) is 5.82 Å². The van der Waals surface area contributed by atoms with E-state index in [1.165, 1.54) is 50.5 Å². The van der Waals surface area contributed by atoms with Gasteiger partial charge in [-0.3, -0.25) is 0 Å². The minimum atomic E-state index is -0.105. The molecule has 3 rings (SSSR count). The lowest BCUT2D eigenvalue weighted by Gasteiger charge is -2.14. The van der Waals surface area contributed by atoms with Gasteiger partial charge in [0.25, 0.3) is 0 Å². The van der Waals surface area contributed by atoms with Crippen molar-refractivity contribution >= 4 is 0 Å². The van der Waals surface area contributed by atoms with Gasteiger partial charge in [0.1, 0.15) is 5.82 Å². The highest BCUT2D eigenvalue weighted by molar-refractivity contribution is 5.84. The van der Waals surface area contributed by atoms with E-state index >= 15 is 4.39 Å².